The molecule has 0 saturated heterocycles. The number of nitrogens with one attached hydrogen (secondary N) is 2. The summed E-state index contributed by atoms with van der Waals surface area (Å²) < 4.78 is 1.93. The summed E-state index contributed by atoms with van der Waals surface area (Å²) in [6, 6.07) is 2.01. The molecule has 0 spiro atoms. The summed E-state index contributed by atoms with van der Waals surface area (Å²) in [5, 5.41) is 14.7. The van der Waals surface area contributed by atoms with Crippen molar-refractivity contribution in [2.24, 2.45) is 0 Å². The smallest absolute Gasteiger partial charge is 0.315 e. The van der Waals surface area contributed by atoms with E-state index in [0.717, 1.165) is 43.9 Å². The zero-order valence-electron chi connectivity index (χ0n) is 13.6. The Kier molecular flexibility index (Phi) is 4.95. The van der Waals surface area contributed by atoms with Gasteiger partial charge in [-0.2, -0.15) is 16.4 Å². The standard InChI is InChI=1S/C16H23N5OS/c1-3-14-19-15-13(5-4-7-21(15)20-14)18-16(22)17-11(2)9-12-6-8-23-10-12/h6,8,10-11,13H,3-5,7,9H2,1-2H3,(H2,17,18,22)/t11-,13-/m0/s1. The number of urea groups is 1. The second kappa shape index (κ2) is 7.12. The van der Waals surface area contributed by atoms with Crippen LogP contribution in [0.5, 0.6) is 0 Å². The molecular weight excluding hydrogens is 310 g/mol. The zero-order chi connectivity index (χ0) is 16.2. The molecule has 2 aromatic heterocycles. The predicted molar refractivity (Wildman–Crippen MR) is 90.5 cm³/mol. The highest BCUT2D eigenvalue weighted by atomic mass is 32.1. The quantitative estimate of drug-likeness (QED) is 0.883. The number of thiophene rings is 1. The lowest BCUT2D eigenvalue weighted by molar-refractivity contribution is 0.229. The summed E-state index contributed by atoms with van der Waals surface area (Å²) in [5.74, 6) is 1.73. The van der Waals surface area contributed by atoms with Crippen molar-refractivity contribution in [2.45, 2.75) is 58.2 Å². The minimum Gasteiger partial charge on any atom is -0.335 e. The molecule has 0 radical (unpaired) electrons. The molecule has 2 amide bonds. The first-order valence-corrected chi connectivity index (χ1v) is 9.11. The fourth-order valence-electron chi connectivity index (χ4n) is 2.92. The monoisotopic (exact) mass is 333 g/mol. The molecule has 23 heavy (non-hydrogen) atoms. The lowest BCUT2D eigenvalue weighted by Gasteiger charge is -2.24. The van der Waals surface area contributed by atoms with Gasteiger partial charge in [0.2, 0.25) is 0 Å². The van der Waals surface area contributed by atoms with Crippen molar-refractivity contribution in [2.75, 3.05) is 0 Å². The van der Waals surface area contributed by atoms with E-state index in [0.29, 0.717) is 0 Å². The topological polar surface area (TPSA) is 71.8 Å². The second-order valence-electron chi connectivity index (χ2n) is 6.01. The van der Waals surface area contributed by atoms with Crippen LogP contribution in [-0.4, -0.2) is 26.8 Å². The maximum absolute atomic E-state index is 12.3. The largest absolute Gasteiger partial charge is 0.335 e. The molecule has 6 nitrogen and oxygen atoms in total. The number of hydrogen-bond acceptors (Lipinski definition) is 4. The first-order chi connectivity index (χ1) is 11.2. The van der Waals surface area contributed by atoms with Crippen molar-refractivity contribution < 1.29 is 4.79 Å². The van der Waals surface area contributed by atoms with E-state index in [1.54, 1.807) is 11.3 Å². The number of nitrogens with zero attached hydrogens (tertiary/aromatic N) is 3. The van der Waals surface area contributed by atoms with Crippen molar-refractivity contribution in [3.8, 4) is 0 Å². The molecule has 0 unspecified atom stereocenters. The van der Waals surface area contributed by atoms with Crippen LogP contribution < -0.4 is 10.6 Å². The fourth-order valence-corrected chi connectivity index (χ4v) is 3.60. The van der Waals surface area contributed by atoms with Crippen LogP contribution in [0.2, 0.25) is 0 Å². The number of rotatable bonds is 5. The fraction of sp³-hybridized carbons (Fsp3) is 0.562. The van der Waals surface area contributed by atoms with Gasteiger partial charge < -0.3 is 10.6 Å². The lowest BCUT2D eigenvalue weighted by atomic mass is 10.1. The van der Waals surface area contributed by atoms with E-state index >= 15 is 0 Å². The van der Waals surface area contributed by atoms with E-state index in [4.69, 9.17) is 0 Å². The number of fused-ring (bicyclic) bond motifs is 1. The van der Waals surface area contributed by atoms with Crippen LogP contribution in [0.4, 0.5) is 4.79 Å². The van der Waals surface area contributed by atoms with Gasteiger partial charge >= 0.3 is 6.03 Å². The Morgan fingerprint density at radius 1 is 1.57 bits per heavy atom. The number of carbonyl (C=O) groups is 1. The van der Waals surface area contributed by atoms with Crippen LogP contribution >= 0.6 is 11.3 Å². The first-order valence-electron chi connectivity index (χ1n) is 8.17. The minimum atomic E-state index is -0.132. The summed E-state index contributed by atoms with van der Waals surface area (Å²) in [6.07, 6.45) is 3.58. The minimum absolute atomic E-state index is 0.0510. The number of aryl methyl sites for hydroxylation is 2. The third-order valence-corrected chi connectivity index (χ3v) is 4.77. The van der Waals surface area contributed by atoms with Gasteiger partial charge in [0.1, 0.15) is 5.82 Å². The summed E-state index contributed by atoms with van der Waals surface area (Å²) in [5.41, 5.74) is 1.26. The van der Waals surface area contributed by atoms with Crippen LogP contribution in [-0.2, 0) is 19.4 Å². The average molecular weight is 333 g/mol. The molecule has 3 heterocycles. The molecule has 0 bridgehead atoms. The van der Waals surface area contributed by atoms with Gasteiger partial charge in [-0.25, -0.2) is 14.5 Å². The normalized spacial score (nSPS) is 18.3. The molecule has 1 aliphatic rings. The van der Waals surface area contributed by atoms with E-state index in [9.17, 15) is 4.79 Å². The molecule has 2 N–H and O–H groups in total. The first kappa shape index (κ1) is 16.0. The molecule has 2 atom stereocenters. The Balaban J connectivity index is 1.57. The summed E-state index contributed by atoms with van der Waals surface area (Å²) in [6.45, 7) is 4.95. The van der Waals surface area contributed by atoms with Gasteiger partial charge in [-0.15, -0.1) is 0 Å². The molecule has 3 rings (SSSR count). The lowest BCUT2D eigenvalue weighted by Crippen LogP contribution is -2.44. The van der Waals surface area contributed by atoms with Crippen LogP contribution in [0.3, 0.4) is 0 Å². The highest BCUT2D eigenvalue weighted by molar-refractivity contribution is 7.07. The van der Waals surface area contributed by atoms with Gasteiger partial charge in [0.25, 0.3) is 0 Å². The maximum Gasteiger partial charge on any atom is 0.315 e. The van der Waals surface area contributed by atoms with Crippen molar-refractivity contribution in [1.29, 1.82) is 0 Å². The number of amides is 2. The van der Waals surface area contributed by atoms with Crippen LogP contribution in [0, 0.1) is 0 Å². The summed E-state index contributed by atoms with van der Waals surface area (Å²) in [4.78, 5) is 16.8. The Morgan fingerprint density at radius 2 is 2.43 bits per heavy atom. The average Bonchev–Trinajstić information content (AvgIpc) is 3.16. The van der Waals surface area contributed by atoms with Gasteiger partial charge in [0.15, 0.2) is 5.82 Å². The SMILES string of the molecule is CCc1nc2n(n1)CCC[C@@H]2NC(=O)N[C@@H](C)Cc1ccsc1. The number of carbonyl (C=O) groups excluding carboxylic acids is 1. The Hall–Kier alpha value is -1.89. The van der Waals surface area contributed by atoms with E-state index < -0.39 is 0 Å². The van der Waals surface area contributed by atoms with Gasteiger partial charge in [0.05, 0.1) is 6.04 Å². The molecule has 124 valence electrons. The van der Waals surface area contributed by atoms with Gasteiger partial charge in [-0.05, 0) is 48.6 Å². The van der Waals surface area contributed by atoms with Crippen LogP contribution in [0.15, 0.2) is 16.8 Å². The number of hydrogen-bond donors (Lipinski definition) is 2. The van der Waals surface area contributed by atoms with Crippen molar-refractivity contribution in [3.63, 3.8) is 0 Å². The zero-order valence-corrected chi connectivity index (χ0v) is 14.4. The molecule has 0 saturated carbocycles. The molecule has 0 fully saturated rings. The third-order valence-electron chi connectivity index (χ3n) is 4.04. The van der Waals surface area contributed by atoms with Crippen LogP contribution in [0.25, 0.3) is 0 Å². The van der Waals surface area contributed by atoms with Gasteiger partial charge in [-0.3, -0.25) is 0 Å². The van der Waals surface area contributed by atoms with Gasteiger partial charge in [0, 0.05) is 19.0 Å². The summed E-state index contributed by atoms with van der Waals surface area (Å²) in [7, 11) is 0. The molecular formula is C16H23N5OS. The van der Waals surface area contributed by atoms with Crippen molar-refractivity contribution in [3.05, 3.63) is 34.0 Å². The van der Waals surface area contributed by atoms with E-state index in [2.05, 4.69) is 37.5 Å². The molecule has 0 aromatic carbocycles. The Bertz CT molecular complexity index is 651. The third kappa shape index (κ3) is 3.90. The Labute approximate surface area is 140 Å². The maximum atomic E-state index is 12.3. The van der Waals surface area contributed by atoms with Crippen molar-refractivity contribution >= 4 is 17.4 Å². The summed E-state index contributed by atoms with van der Waals surface area (Å²) >= 11 is 1.68. The second-order valence-corrected chi connectivity index (χ2v) is 6.79. The highest BCUT2D eigenvalue weighted by Crippen LogP contribution is 2.23. The van der Waals surface area contributed by atoms with Crippen LogP contribution in [0.1, 0.15) is 49.9 Å². The predicted octanol–water partition coefficient (Wildman–Crippen LogP) is 2.67. The highest BCUT2D eigenvalue weighted by Gasteiger charge is 2.25. The van der Waals surface area contributed by atoms with E-state index in [1.807, 2.05) is 18.5 Å². The number of aromatic nitrogens is 3. The molecule has 0 aliphatic carbocycles. The molecule has 2 aromatic rings. The van der Waals surface area contributed by atoms with Gasteiger partial charge in [-0.1, -0.05) is 6.92 Å². The van der Waals surface area contributed by atoms with Crippen molar-refractivity contribution in [1.82, 2.24) is 25.4 Å². The van der Waals surface area contributed by atoms with E-state index in [1.165, 1.54) is 5.56 Å². The molecule has 1 aliphatic heterocycles. The Morgan fingerprint density at radius 3 is 3.17 bits per heavy atom. The van der Waals surface area contributed by atoms with E-state index in [-0.39, 0.29) is 18.1 Å². The molecule has 7 heteroatoms.